The van der Waals surface area contributed by atoms with E-state index < -0.39 is 17.6 Å². The Kier molecular flexibility index (Phi) is 4.50. The van der Waals surface area contributed by atoms with Gasteiger partial charge in [0.1, 0.15) is 5.75 Å². The van der Waals surface area contributed by atoms with E-state index in [1.54, 1.807) is 12.1 Å². The summed E-state index contributed by atoms with van der Waals surface area (Å²) < 4.78 is 38.4. The van der Waals surface area contributed by atoms with Crippen molar-refractivity contribution in [2.45, 2.75) is 6.18 Å². The Hall–Kier alpha value is -2.76. The SMILES string of the molecule is O=C(/C=C/c1ccc(O)cc1)Nc1ccccc1C(F)(F)F. The minimum absolute atomic E-state index is 0.0840. The number of phenols is 1. The minimum Gasteiger partial charge on any atom is -0.508 e. The number of nitrogens with one attached hydrogen (secondary N) is 1. The van der Waals surface area contributed by atoms with Crippen LogP contribution in [0.25, 0.3) is 6.08 Å². The molecule has 1 amide bonds. The van der Waals surface area contributed by atoms with Crippen LogP contribution in [-0.2, 0) is 11.0 Å². The van der Waals surface area contributed by atoms with Crippen LogP contribution >= 0.6 is 0 Å². The predicted octanol–water partition coefficient (Wildman–Crippen LogP) is 4.06. The van der Waals surface area contributed by atoms with Gasteiger partial charge in [-0.2, -0.15) is 13.2 Å². The molecule has 0 spiro atoms. The number of para-hydroxylation sites is 1. The Balaban J connectivity index is 2.11. The van der Waals surface area contributed by atoms with Gasteiger partial charge in [0.05, 0.1) is 11.3 Å². The van der Waals surface area contributed by atoms with E-state index in [2.05, 4.69) is 5.32 Å². The fourth-order valence-electron chi connectivity index (χ4n) is 1.77. The molecule has 6 heteroatoms. The van der Waals surface area contributed by atoms with Crippen LogP contribution < -0.4 is 5.32 Å². The van der Waals surface area contributed by atoms with Crippen molar-refractivity contribution < 1.29 is 23.1 Å². The average Bonchev–Trinajstić information content (AvgIpc) is 2.46. The normalized spacial score (nSPS) is 11.6. The Morgan fingerprint density at radius 2 is 1.68 bits per heavy atom. The number of alkyl halides is 3. The van der Waals surface area contributed by atoms with Crippen LogP contribution in [0.3, 0.4) is 0 Å². The number of amides is 1. The molecular weight excluding hydrogens is 295 g/mol. The molecule has 114 valence electrons. The Morgan fingerprint density at radius 3 is 2.32 bits per heavy atom. The highest BCUT2D eigenvalue weighted by atomic mass is 19.4. The standard InChI is InChI=1S/C16H12F3NO2/c17-16(18,19)13-3-1-2-4-14(13)20-15(22)10-7-11-5-8-12(21)9-6-11/h1-10,21H,(H,20,22)/b10-7+. The molecule has 0 aromatic heterocycles. The fourth-order valence-corrected chi connectivity index (χ4v) is 1.77. The molecule has 0 fully saturated rings. The van der Waals surface area contributed by atoms with Crippen molar-refractivity contribution in [3.8, 4) is 5.75 Å². The van der Waals surface area contributed by atoms with Crippen LogP contribution in [0.15, 0.2) is 54.6 Å². The van der Waals surface area contributed by atoms with E-state index in [0.29, 0.717) is 5.56 Å². The van der Waals surface area contributed by atoms with Crippen LogP contribution in [0.2, 0.25) is 0 Å². The molecular formula is C16H12F3NO2. The third-order valence-corrected chi connectivity index (χ3v) is 2.81. The zero-order chi connectivity index (χ0) is 16.2. The molecule has 22 heavy (non-hydrogen) atoms. The van der Waals surface area contributed by atoms with Crippen LogP contribution in [0.4, 0.5) is 18.9 Å². The van der Waals surface area contributed by atoms with Gasteiger partial charge in [0, 0.05) is 6.08 Å². The zero-order valence-electron chi connectivity index (χ0n) is 11.3. The molecule has 0 bridgehead atoms. The molecule has 3 nitrogen and oxygen atoms in total. The number of rotatable bonds is 3. The fraction of sp³-hybridized carbons (Fsp3) is 0.0625. The molecule has 2 rings (SSSR count). The lowest BCUT2D eigenvalue weighted by Crippen LogP contribution is -2.14. The third-order valence-electron chi connectivity index (χ3n) is 2.81. The van der Waals surface area contributed by atoms with Gasteiger partial charge < -0.3 is 10.4 Å². The Labute approximate surface area is 124 Å². The maximum atomic E-state index is 12.8. The number of hydrogen-bond donors (Lipinski definition) is 2. The first-order valence-electron chi connectivity index (χ1n) is 6.30. The summed E-state index contributed by atoms with van der Waals surface area (Å²) in [6.45, 7) is 0. The lowest BCUT2D eigenvalue weighted by atomic mass is 10.1. The summed E-state index contributed by atoms with van der Waals surface area (Å²) in [6, 6.07) is 10.8. The van der Waals surface area contributed by atoms with E-state index in [0.717, 1.165) is 12.1 Å². The first kappa shape index (κ1) is 15.6. The van der Waals surface area contributed by atoms with Gasteiger partial charge in [-0.3, -0.25) is 4.79 Å². The second-order valence-electron chi connectivity index (χ2n) is 4.46. The number of carbonyl (C=O) groups excluding carboxylic acids is 1. The van der Waals surface area contributed by atoms with Crippen molar-refractivity contribution in [1.82, 2.24) is 0 Å². The molecule has 0 unspecified atom stereocenters. The van der Waals surface area contributed by atoms with Gasteiger partial charge in [-0.15, -0.1) is 0 Å². The van der Waals surface area contributed by atoms with Gasteiger partial charge in [0.2, 0.25) is 5.91 Å². The van der Waals surface area contributed by atoms with Crippen molar-refractivity contribution in [2.24, 2.45) is 0 Å². The lowest BCUT2D eigenvalue weighted by molar-refractivity contribution is -0.136. The molecule has 0 saturated heterocycles. The first-order valence-corrected chi connectivity index (χ1v) is 6.30. The van der Waals surface area contributed by atoms with Gasteiger partial charge >= 0.3 is 6.18 Å². The summed E-state index contributed by atoms with van der Waals surface area (Å²) in [7, 11) is 0. The van der Waals surface area contributed by atoms with Crippen molar-refractivity contribution in [1.29, 1.82) is 0 Å². The molecule has 0 heterocycles. The topological polar surface area (TPSA) is 49.3 Å². The van der Waals surface area contributed by atoms with Gasteiger partial charge in [-0.05, 0) is 35.9 Å². The Bertz CT molecular complexity index is 691. The van der Waals surface area contributed by atoms with E-state index in [-0.39, 0.29) is 11.4 Å². The molecule has 2 aromatic rings. The van der Waals surface area contributed by atoms with Crippen LogP contribution in [0.5, 0.6) is 5.75 Å². The third kappa shape index (κ3) is 4.12. The minimum atomic E-state index is -4.54. The maximum Gasteiger partial charge on any atom is 0.418 e. The van der Waals surface area contributed by atoms with Crippen molar-refractivity contribution in [2.75, 3.05) is 5.32 Å². The van der Waals surface area contributed by atoms with Crippen molar-refractivity contribution in [3.05, 3.63) is 65.7 Å². The van der Waals surface area contributed by atoms with E-state index in [9.17, 15) is 18.0 Å². The highest BCUT2D eigenvalue weighted by Crippen LogP contribution is 2.34. The van der Waals surface area contributed by atoms with Crippen LogP contribution in [-0.4, -0.2) is 11.0 Å². The number of halogens is 3. The molecule has 0 aliphatic carbocycles. The maximum absolute atomic E-state index is 12.8. The average molecular weight is 307 g/mol. The summed E-state index contributed by atoms with van der Waals surface area (Å²) in [5.74, 6) is -0.592. The monoisotopic (exact) mass is 307 g/mol. The number of anilines is 1. The largest absolute Gasteiger partial charge is 0.508 e. The summed E-state index contributed by atoms with van der Waals surface area (Å²) in [6.07, 6.45) is -1.98. The second kappa shape index (κ2) is 6.34. The number of benzene rings is 2. The van der Waals surface area contributed by atoms with Crippen LogP contribution in [0, 0.1) is 0 Å². The van der Waals surface area contributed by atoms with E-state index in [1.807, 2.05) is 0 Å². The molecule has 2 aromatic carbocycles. The Morgan fingerprint density at radius 1 is 1.05 bits per heavy atom. The highest BCUT2D eigenvalue weighted by Gasteiger charge is 2.33. The number of aromatic hydroxyl groups is 1. The molecule has 0 saturated carbocycles. The van der Waals surface area contributed by atoms with Crippen molar-refractivity contribution in [3.63, 3.8) is 0 Å². The molecule has 0 radical (unpaired) electrons. The van der Waals surface area contributed by atoms with Crippen LogP contribution in [0.1, 0.15) is 11.1 Å². The molecule has 0 atom stereocenters. The van der Waals surface area contributed by atoms with E-state index >= 15 is 0 Å². The highest BCUT2D eigenvalue weighted by molar-refractivity contribution is 6.02. The summed E-state index contributed by atoms with van der Waals surface area (Å²) >= 11 is 0. The number of phenolic OH excluding ortho intramolecular Hbond substituents is 1. The smallest absolute Gasteiger partial charge is 0.418 e. The summed E-state index contributed by atoms with van der Waals surface area (Å²) in [4.78, 5) is 11.7. The van der Waals surface area contributed by atoms with E-state index in [4.69, 9.17) is 5.11 Å². The first-order chi connectivity index (χ1) is 10.4. The predicted molar refractivity (Wildman–Crippen MR) is 77.2 cm³/mol. The molecule has 0 aliphatic heterocycles. The van der Waals surface area contributed by atoms with Gasteiger partial charge in [-0.1, -0.05) is 24.3 Å². The zero-order valence-corrected chi connectivity index (χ0v) is 11.3. The lowest BCUT2D eigenvalue weighted by Gasteiger charge is -2.12. The molecule has 2 N–H and O–H groups in total. The second-order valence-corrected chi connectivity index (χ2v) is 4.46. The molecule has 0 aliphatic rings. The number of carbonyl (C=O) groups is 1. The van der Waals surface area contributed by atoms with Gasteiger partial charge in [0.15, 0.2) is 0 Å². The van der Waals surface area contributed by atoms with Gasteiger partial charge in [-0.25, -0.2) is 0 Å². The quantitative estimate of drug-likeness (QED) is 0.840. The van der Waals surface area contributed by atoms with Crippen molar-refractivity contribution >= 4 is 17.7 Å². The summed E-state index contributed by atoms with van der Waals surface area (Å²) in [5, 5.41) is 11.3. The summed E-state index contributed by atoms with van der Waals surface area (Å²) in [5.41, 5.74) is -0.561. The van der Waals surface area contributed by atoms with E-state index in [1.165, 1.54) is 36.4 Å². The van der Waals surface area contributed by atoms with Gasteiger partial charge in [0.25, 0.3) is 0 Å². The number of hydrogen-bond acceptors (Lipinski definition) is 2.